The highest BCUT2D eigenvalue weighted by Crippen LogP contribution is 2.10. The molecule has 1 atom stereocenters. The summed E-state index contributed by atoms with van der Waals surface area (Å²) in [6, 6.07) is 0.269. The van der Waals surface area contributed by atoms with Gasteiger partial charge in [-0.15, -0.1) is 0 Å². The van der Waals surface area contributed by atoms with Gasteiger partial charge in [-0.25, -0.2) is 4.99 Å². The largest absolute Gasteiger partial charge is 0.376 e. The second-order valence-corrected chi connectivity index (χ2v) is 5.27. The van der Waals surface area contributed by atoms with Gasteiger partial charge in [0.05, 0.1) is 6.10 Å². The predicted octanol–water partition coefficient (Wildman–Crippen LogP) is 0.197. The van der Waals surface area contributed by atoms with Gasteiger partial charge in [0, 0.05) is 33.3 Å². The standard InChI is InChI=1S/C13H26N4O2/c1-10(2)16-13(15-9-12(18)17(3)4)14-8-11-6-5-7-19-11/h10-11H,5-9H2,1-4H3,(H2,14,15,16). The average Bonchev–Trinajstić information content (AvgIpc) is 2.84. The molecule has 0 aromatic heterocycles. The fourth-order valence-electron chi connectivity index (χ4n) is 1.73. The molecule has 19 heavy (non-hydrogen) atoms. The van der Waals surface area contributed by atoms with Gasteiger partial charge in [0.25, 0.3) is 0 Å². The van der Waals surface area contributed by atoms with Crippen molar-refractivity contribution in [2.45, 2.75) is 38.8 Å². The van der Waals surface area contributed by atoms with Crippen molar-refractivity contribution in [3.8, 4) is 0 Å². The normalized spacial score (nSPS) is 19.6. The molecule has 1 aliphatic heterocycles. The Hall–Kier alpha value is -1.30. The van der Waals surface area contributed by atoms with Crippen molar-refractivity contribution in [2.75, 3.05) is 33.8 Å². The van der Waals surface area contributed by atoms with E-state index in [-0.39, 0.29) is 24.6 Å². The number of hydrogen-bond acceptors (Lipinski definition) is 3. The Labute approximate surface area is 115 Å². The topological polar surface area (TPSA) is 66.0 Å². The molecular weight excluding hydrogens is 244 g/mol. The molecule has 0 aromatic rings. The van der Waals surface area contributed by atoms with Crippen molar-refractivity contribution in [3.05, 3.63) is 0 Å². The highest BCUT2D eigenvalue weighted by atomic mass is 16.5. The monoisotopic (exact) mass is 270 g/mol. The molecule has 1 saturated heterocycles. The first-order valence-corrected chi connectivity index (χ1v) is 6.85. The fourth-order valence-corrected chi connectivity index (χ4v) is 1.73. The summed E-state index contributed by atoms with van der Waals surface area (Å²) in [6.45, 7) is 5.80. The van der Waals surface area contributed by atoms with Gasteiger partial charge in [-0.3, -0.25) is 4.79 Å². The van der Waals surface area contributed by atoms with Crippen molar-refractivity contribution in [2.24, 2.45) is 4.99 Å². The summed E-state index contributed by atoms with van der Waals surface area (Å²) in [5.74, 6) is 0.655. The number of ether oxygens (including phenoxy) is 1. The summed E-state index contributed by atoms with van der Waals surface area (Å²) < 4.78 is 5.55. The first kappa shape index (κ1) is 15.8. The molecule has 0 saturated carbocycles. The second kappa shape index (κ2) is 7.99. The lowest BCUT2D eigenvalue weighted by atomic mass is 10.2. The smallest absolute Gasteiger partial charge is 0.243 e. The van der Waals surface area contributed by atoms with Gasteiger partial charge in [-0.1, -0.05) is 0 Å². The molecule has 0 bridgehead atoms. The number of carbonyl (C=O) groups is 1. The van der Waals surface area contributed by atoms with Crippen LogP contribution in [-0.2, 0) is 9.53 Å². The zero-order valence-electron chi connectivity index (χ0n) is 12.4. The van der Waals surface area contributed by atoms with E-state index in [4.69, 9.17) is 4.74 Å². The molecule has 6 nitrogen and oxygen atoms in total. The van der Waals surface area contributed by atoms with E-state index in [1.807, 2.05) is 13.8 Å². The number of rotatable bonds is 5. The highest BCUT2D eigenvalue weighted by Gasteiger charge is 2.16. The predicted molar refractivity (Wildman–Crippen MR) is 76.2 cm³/mol. The number of aliphatic imine (C=N–C) groups is 1. The number of amides is 1. The van der Waals surface area contributed by atoms with Crippen molar-refractivity contribution in [1.82, 2.24) is 15.5 Å². The van der Waals surface area contributed by atoms with Crippen LogP contribution in [0.4, 0.5) is 0 Å². The van der Waals surface area contributed by atoms with Crippen LogP contribution < -0.4 is 10.6 Å². The van der Waals surface area contributed by atoms with E-state index in [9.17, 15) is 4.79 Å². The number of carbonyl (C=O) groups excluding carboxylic acids is 1. The molecule has 6 heteroatoms. The molecule has 0 aromatic carbocycles. The third-order valence-electron chi connectivity index (χ3n) is 2.82. The van der Waals surface area contributed by atoms with Gasteiger partial charge in [-0.05, 0) is 26.7 Å². The number of hydrogen-bond donors (Lipinski definition) is 2. The van der Waals surface area contributed by atoms with Crippen molar-refractivity contribution >= 4 is 11.9 Å². The van der Waals surface area contributed by atoms with Crippen molar-refractivity contribution in [3.63, 3.8) is 0 Å². The highest BCUT2D eigenvalue weighted by molar-refractivity contribution is 5.84. The number of guanidine groups is 1. The Kier molecular flexibility index (Phi) is 6.62. The molecule has 110 valence electrons. The minimum atomic E-state index is -0.0121. The molecule has 1 unspecified atom stereocenters. The van der Waals surface area contributed by atoms with Gasteiger partial charge in [0.15, 0.2) is 5.96 Å². The van der Waals surface area contributed by atoms with Crippen LogP contribution in [0, 0.1) is 0 Å². The number of likely N-dealkylation sites (N-methyl/N-ethyl adjacent to an activating group) is 1. The molecule has 1 fully saturated rings. The maximum atomic E-state index is 11.5. The molecular formula is C13H26N4O2. The summed E-state index contributed by atoms with van der Waals surface area (Å²) >= 11 is 0. The SMILES string of the molecule is CC(C)NC(=NCC(=O)N(C)C)NCC1CCCO1. The summed E-state index contributed by atoms with van der Waals surface area (Å²) in [4.78, 5) is 17.4. The Morgan fingerprint density at radius 2 is 2.21 bits per heavy atom. The van der Waals surface area contributed by atoms with Crippen LogP contribution in [0.3, 0.4) is 0 Å². The molecule has 1 amide bonds. The lowest BCUT2D eigenvalue weighted by Gasteiger charge is -2.18. The van der Waals surface area contributed by atoms with Crippen molar-refractivity contribution < 1.29 is 9.53 Å². The molecule has 0 aliphatic carbocycles. The molecule has 2 N–H and O–H groups in total. The average molecular weight is 270 g/mol. The van der Waals surface area contributed by atoms with Crippen LogP contribution >= 0.6 is 0 Å². The van der Waals surface area contributed by atoms with Gasteiger partial charge >= 0.3 is 0 Å². The Balaban J connectivity index is 2.45. The zero-order chi connectivity index (χ0) is 14.3. The minimum Gasteiger partial charge on any atom is -0.376 e. The summed E-state index contributed by atoms with van der Waals surface area (Å²) in [6.07, 6.45) is 2.46. The Morgan fingerprint density at radius 3 is 2.74 bits per heavy atom. The molecule has 1 heterocycles. The number of nitrogens with zero attached hydrogens (tertiary/aromatic N) is 2. The van der Waals surface area contributed by atoms with Gasteiger partial charge in [-0.2, -0.15) is 0 Å². The van der Waals surface area contributed by atoms with Gasteiger partial charge in [0.2, 0.25) is 5.91 Å². The summed E-state index contributed by atoms with van der Waals surface area (Å²) in [5.41, 5.74) is 0. The maximum Gasteiger partial charge on any atom is 0.243 e. The third-order valence-corrected chi connectivity index (χ3v) is 2.82. The van der Waals surface area contributed by atoms with E-state index < -0.39 is 0 Å². The first-order valence-electron chi connectivity index (χ1n) is 6.85. The van der Waals surface area contributed by atoms with Crippen LogP contribution in [0.25, 0.3) is 0 Å². The van der Waals surface area contributed by atoms with Crippen LogP contribution in [0.2, 0.25) is 0 Å². The maximum absolute atomic E-state index is 11.5. The van der Waals surface area contributed by atoms with E-state index >= 15 is 0 Å². The van der Waals surface area contributed by atoms with E-state index in [1.165, 1.54) is 4.90 Å². The minimum absolute atomic E-state index is 0.0121. The van der Waals surface area contributed by atoms with E-state index in [1.54, 1.807) is 14.1 Å². The molecule has 1 aliphatic rings. The van der Waals surface area contributed by atoms with Crippen LogP contribution in [-0.4, -0.2) is 62.7 Å². The van der Waals surface area contributed by atoms with E-state index in [0.29, 0.717) is 5.96 Å². The zero-order valence-corrected chi connectivity index (χ0v) is 12.4. The molecule has 0 radical (unpaired) electrons. The molecule has 1 rings (SSSR count). The van der Waals surface area contributed by atoms with E-state index in [2.05, 4.69) is 15.6 Å². The number of nitrogens with one attached hydrogen (secondary N) is 2. The first-order chi connectivity index (χ1) is 8.99. The Morgan fingerprint density at radius 1 is 1.47 bits per heavy atom. The van der Waals surface area contributed by atoms with E-state index in [0.717, 1.165) is 26.0 Å². The lowest BCUT2D eigenvalue weighted by Crippen LogP contribution is -2.44. The van der Waals surface area contributed by atoms with Crippen LogP contribution in [0.1, 0.15) is 26.7 Å². The Bertz CT molecular complexity index is 310. The van der Waals surface area contributed by atoms with Crippen LogP contribution in [0.5, 0.6) is 0 Å². The van der Waals surface area contributed by atoms with Crippen molar-refractivity contribution in [1.29, 1.82) is 0 Å². The second-order valence-electron chi connectivity index (χ2n) is 5.27. The summed E-state index contributed by atoms with van der Waals surface area (Å²) in [5, 5.41) is 6.44. The quantitative estimate of drug-likeness (QED) is 0.553. The summed E-state index contributed by atoms with van der Waals surface area (Å²) in [7, 11) is 3.46. The third kappa shape index (κ3) is 6.42. The van der Waals surface area contributed by atoms with Crippen LogP contribution in [0.15, 0.2) is 4.99 Å². The van der Waals surface area contributed by atoms with Gasteiger partial charge in [0.1, 0.15) is 6.54 Å². The molecule has 0 spiro atoms. The fraction of sp³-hybridized carbons (Fsp3) is 0.846. The lowest BCUT2D eigenvalue weighted by molar-refractivity contribution is -0.127. The van der Waals surface area contributed by atoms with Gasteiger partial charge < -0.3 is 20.3 Å².